The molecule has 5 rings (SSSR count). The van der Waals surface area contributed by atoms with Crippen LogP contribution in [0.25, 0.3) is 21.9 Å². The monoisotopic (exact) mass is 460 g/mol. The van der Waals surface area contributed by atoms with Crippen LogP contribution in [0.5, 0.6) is 0 Å². The Balaban J connectivity index is 1.49. The lowest BCUT2D eigenvalue weighted by Gasteiger charge is -2.08. The molecule has 2 aromatic carbocycles. The number of aryl methyl sites for hydroxylation is 2. The second-order valence-corrected chi connectivity index (χ2v) is 8.59. The molecule has 3 heterocycles. The van der Waals surface area contributed by atoms with Gasteiger partial charge in [-0.3, -0.25) is 14.2 Å². The maximum atomic E-state index is 12.8. The van der Waals surface area contributed by atoms with Crippen LogP contribution in [0.3, 0.4) is 0 Å². The third kappa shape index (κ3) is 3.64. The number of imidazole rings is 1. The van der Waals surface area contributed by atoms with Gasteiger partial charge >= 0.3 is 5.69 Å². The van der Waals surface area contributed by atoms with Gasteiger partial charge in [-0.1, -0.05) is 42.5 Å². The second-order valence-electron chi connectivity index (χ2n) is 7.72. The smallest absolute Gasteiger partial charge is 0.328 e. The van der Waals surface area contributed by atoms with Crippen molar-refractivity contribution >= 4 is 39.2 Å². The molecule has 0 aliphatic rings. The second kappa shape index (κ2) is 8.14. The van der Waals surface area contributed by atoms with Crippen LogP contribution in [0, 0.1) is 0 Å². The van der Waals surface area contributed by atoms with E-state index in [0.717, 1.165) is 20.9 Å². The molecule has 1 amide bonds. The van der Waals surface area contributed by atoms with E-state index in [2.05, 4.69) is 28.2 Å². The Bertz CT molecular complexity index is 1710. The van der Waals surface area contributed by atoms with Crippen molar-refractivity contribution in [2.75, 3.05) is 0 Å². The van der Waals surface area contributed by atoms with Crippen molar-refractivity contribution in [2.24, 2.45) is 19.1 Å². The lowest BCUT2D eigenvalue weighted by molar-refractivity contribution is -0.118. The maximum Gasteiger partial charge on any atom is 0.332 e. The molecule has 0 atom stereocenters. The average Bonchev–Trinajstić information content (AvgIpc) is 3.41. The standard InChI is InChI=1S/C23H20N6O3S/c1-26-14-24-20-19(26)21(31)29(23(32)27(20)2)13-18(30)25-22-28(10-11-33-22)12-16-8-5-7-15-6-3-4-9-17(15)16/h3-11,14H,12-13H2,1-2H3. The van der Waals surface area contributed by atoms with Gasteiger partial charge in [0.2, 0.25) is 0 Å². The minimum Gasteiger partial charge on any atom is -0.328 e. The van der Waals surface area contributed by atoms with Gasteiger partial charge in [-0.2, -0.15) is 4.99 Å². The first-order valence-electron chi connectivity index (χ1n) is 10.2. The Morgan fingerprint density at radius 2 is 1.88 bits per heavy atom. The van der Waals surface area contributed by atoms with Crippen molar-refractivity contribution in [3.8, 4) is 0 Å². The molecule has 0 unspecified atom stereocenters. The zero-order chi connectivity index (χ0) is 23.1. The summed E-state index contributed by atoms with van der Waals surface area (Å²) >= 11 is 1.32. The number of carbonyl (C=O) groups excluding carboxylic acids is 1. The van der Waals surface area contributed by atoms with Gasteiger partial charge in [0.05, 0.1) is 12.9 Å². The Labute approximate surface area is 191 Å². The Morgan fingerprint density at radius 1 is 1.09 bits per heavy atom. The fourth-order valence-corrected chi connectivity index (χ4v) is 4.68. The summed E-state index contributed by atoms with van der Waals surface area (Å²) in [4.78, 5) is 47.1. The highest BCUT2D eigenvalue weighted by atomic mass is 32.1. The predicted molar refractivity (Wildman–Crippen MR) is 126 cm³/mol. The molecule has 0 radical (unpaired) electrons. The zero-order valence-corrected chi connectivity index (χ0v) is 18.8. The van der Waals surface area contributed by atoms with E-state index < -0.39 is 23.7 Å². The van der Waals surface area contributed by atoms with Crippen LogP contribution in [0.2, 0.25) is 0 Å². The molecule has 0 saturated carbocycles. The summed E-state index contributed by atoms with van der Waals surface area (Å²) in [6.07, 6.45) is 3.33. The van der Waals surface area contributed by atoms with Gasteiger partial charge in [-0.05, 0) is 16.3 Å². The largest absolute Gasteiger partial charge is 0.332 e. The van der Waals surface area contributed by atoms with E-state index in [0.29, 0.717) is 11.3 Å². The van der Waals surface area contributed by atoms with Crippen molar-refractivity contribution < 1.29 is 4.79 Å². The summed E-state index contributed by atoms with van der Waals surface area (Å²) in [7, 11) is 3.19. The number of hydrogen-bond acceptors (Lipinski definition) is 5. The third-order valence-corrected chi connectivity index (χ3v) is 6.39. The third-order valence-electron chi connectivity index (χ3n) is 5.60. The molecule has 33 heavy (non-hydrogen) atoms. The van der Waals surface area contributed by atoms with Crippen molar-refractivity contribution in [3.05, 3.63) is 91.6 Å². The van der Waals surface area contributed by atoms with Crippen molar-refractivity contribution in [1.82, 2.24) is 23.3 Å². The molecule has 166 valence electrons. The molecule has 0 N–H and O–H groups in total. The molecule has 0 saturated heterocycles. The Kier molecular flexibility index (Phi) is 5.14. The van der Waals surface area contributed by atoms with Crippen molar-refractivity contribution in [2.45, 2.75) is 13.1 Å². The number of carbonyl (C=O) groups is 1. The zero-order valence-electron chi connectivity index (χ0n) is 18.0. The minimum absolute atomic E-state index is 0.257. The number of amides is 1. The van der Waals surface area contributed by atoms with E-state index in [4.69, 9.17) is 0 Å². The predicted octanol–water partition coefficient (Wildman–Crippen LogP) is 1.63. The van der Waals surface area contributed by atoms with Crippen molar-refractivity contribution in [1.29, 1.82) is 0 Å². The van der Waals surface area contributed by atoms with Gasteiger partial charge in [0.25, 0.3) is 11.5 Å². The summed E-state index contributed by atoms with van der Waals surface area (Å²) in [6.45, 7) is 0.0957. The number of thiazole rings is 1. The average molecular weight is 461 g/mol. The number of benzene rings is 2. The molecule has 9 nitrogen and oxygen atoms in total. The maximum absolute atomic E-state index is 12.8. The van der Waals surface area contributed by atoms with Crippen LogP contribution in [0.4, 0.5) is 0 Å². The van der Waals surface area contributed by atoms with Crippen LogP contribution in [-0.2, 0) is 32.0 Å². The highest BCUT2D eigenvalue weighted by Crippen LogP contribution is 2.19. The molecular formula is C23H20N6O3S. The molecular weight excluding hydrogens is 440 g/mol. The molecule has 5 aromatic rings. The molecule has 0 aliphatic heterocycles. The van der Waals surface area contributed by atoms with E-state index in [9.17, 15) is 14.4 Å². The van der Waals surface area contributed by atoms with Crippen LogP contribution >= 0.6 is 11.3 Å². The quantitative estimate of drug-likeness (QED) is 0.407. The molecule has 3 aromatic heterocycles. The number of hydrogen-bond donors (Lipinski definition) is 0. The van der Waals surface area contributed by atoms with Gasteiger partial charge in [-0.25, -0.2) is 14.3 Å². The van der Waals surface area contributed by atoms with Gasteiger partial charge in [0.15, 0.2) is 16.0 Å². The van der Waals surface area contributed by atoms with Gasteiger partial charge in [0, 0.05) is 25.7 Å². The van der Waals surface area contributed by atoms with Crippen LogP contribution in [0.1, 0.15) is 5.56 Å². The Hall–Kier alpha value is -4.05. The fraction of sp³-hybridized carbons (Fsp3) is 0.174. The van der Waals surface area contributed by atoms with Crippen LogP contribution in [0.15, 0.2) is 75.0 Å². The first kappa shape index (κ1) is 20.8. The molecule has 10 heteroatoms. The molecule has 0 bridgehead atoms. The highest BCUT2D eigenvalue weighted by Gasteiger charge is 2.17. The number of aromatic nitrogens is 5. The summed E-state index contributed by atoms with van der Waals surface area (Å²) < 4.78 is 5.58. The van der Waals surface area contributed by atoms with Gasteiger partial charge in [-0.15, -0.1) is 11.3 Å². The number of rotatable bonds is 4. The lowest BCUT2D eigenvalue weighted by atomic mass is 10.0. The lowest BCUT2D eigenvalue weighted by Crippen LogP contribution is -2.41. The number of nitrogens with zero attached hydrogens (tertiary/aromatic N) is 6. The van der Waals surface area contributed by atoms with Gasteiger partial charge < -0.3 is 9.13 Å². The van der Waals surface area contributed by atoms with Crippen LogP contribution < -0.4 is 16.1 Å². The normalized spacial score (nSPS) is 12.1. The fourth-order valence-electron chi connectivity index (χ4n) is 3.93. The molecule has 0 fully saturated rings. The first-order chi connectivity index (χ1) is 15.9. The van der Waals surface area contributed by atoms with E-state index in [1.165, 1.54) is 33.8 Å². The summed E-state index contributed by atoms with van der Waals surface area (Å²) in [5.74, 6) is -0.579. The van der Waals surface area contributed by atoms with Crippen LogP contribution in [-0.4, -0.2) is 29.2 Å². The topological polar surface area (TPSA) is 96.2 Å². The van der Waals surface area contributed by atoms with Crippen molar-refractivity contribution in [3.63, 3.8) is 0 Å². The summed E-state index contributed by atoms with van der Waals surface area (Å²) in [5, 5.41) is 4.13. The summed E-state index contributed by atoms with van der Waals surface area (Å²) in [6, 6.07) is 14.2. The first-order valence-corrected chi connectivity index (χ1v) is 11.1. The minimum atomic E-state index is -0.607. The van der Waals surface area contributed by atoms with E-state index in [1.54, 1.807) is 7.05 Å². The molecule has 0 aliphatic carbocycles. The highest BCUT2D eigenvalue weighted by molar-refractivity contribution is 7.07. The summed E-state index contributed by atoms with van der Waals surface area (Å²) in [5.41, 5.74) is 0.467. The van der Waals surface area contributed by atoms with E-state index in [1.807, 2.05) is 40.4 Å². The Morgan fingerprint density at radius 3 is 2.73 bits per heavy atom. The van der Waals surface area contributed by atoms with Gasteiger partial charge in [0.1, 0.15) is 6.54 Å². The number of fused-ring (bicyclic) bond motifs is 2. The van der Waals surface area contributed by atoms with E-state index in [-0.39, 0.29) is 11.2 Å². The van der Waals surface area contributed by atoms with E-state index >= 15 is 0 Å². The molecule has 0 spiro atoms. The SMILES string of the molecule is Cn1cnc2c1c(=O)n(CC(=O)N=c1sccn1Cc1cccc3ccccc13)c(=O)n2C.